The van der Waals surface area contributed by atoms with Crippen molar-refractivity contribution < 1.29 is 9.47 Å². The highest BCUT2D eigenvalue weighted by Gasteiger charge is 2.36. The van der Waals surface area contributed by atoms with Crippen molar-refractivity contribution in [2.24, 2.45) is 0 Å². The van der Waals surface area contributed by atoms with Crippen LogP contribution >= 0.6 is 12.2 Å². The number of aromatic amines is 1. The molecule has 118 valence electrons. The minimum atomic E-state index is 0.0834. The molecule has 1 aliphatic heterocycles. The summed E-state index contributed by atoms with van der Waals surface area (Å²) < 4.78 is 14.0. The molecule has 1 aliphatic carbocycles. The molecule has 2 unspecified atom stereocenters. The molecule has 0 bridgehead atoms. The standard InChI is InChI=1S/C14H24N4O2S/c1-19-11-8-17(9-12(11)20-2)13-15-16-14(21)18(13)10-6-4-3-5-7-10/h10-12H,3-9H2,1-2H3,(H,16,21). The van der Waals surface area contributed by atoms with E-state index in [-0.39, 0.29) is 12.2 Å². The summed E-state index contributed by atoms with van der Waals surface area (Å²) in [5, 5.41) is 7.44. The van der Waals surface area contributed by atoms with E-state index in [0.29, 0.717) is 6.04 Å². The largest absolute Gasteiger partial charge is 0.377 e. The van der Waals surface area contributed by atoms with Crippen molar-refractivity contribution in [2.75, 3.05) is 32.2 Å². The van der Waals surface area contributed by atoms with Crippen LogP contribution in [0.3, 0.4) is 0 Å². The maximum Gasteiger partial charge on any atom is 0.226 e. The predicted octanol–water partition coefficient (Wildman–Crippen LogP) is 2.30. The van der Waals surface area contributed by atoms with E-state index in [0.717, 1.165) is 23.8 Å². The Bertz CT molecular complexity index is 511. The molecular formula is C14H24N4O2S. The molecule has 6 nitrogen and oxygen atoms in total. The second-order valence-electron chi connectivity index (χ2n) is 5.94. The molecule has 2 aliphatic rings. The number of H-pyrrole nitrogens is 1. The summed E-state index contributed by atoms with van der Waals surface area (Å²) in [4.78, 5) is 2.23. The summed E-state index contributed by atoms with van der Waals surface area (Å²) in [6.07, 6.45) is 6.43. The molecule has 1 saturated carbocycles. The van der Waals surface area contributed by atoms with Gasteiger partial charge in [0.2, 0.25) is 5.95 Å². The molecular weight excluding hydrogens is 288 g/mol. The van der Waals surface area contributed by atoms with Gasteiger partial charge in [0.1, 0.15) is 12.2 Å². The van der Waals surface area contributed by atoms with E-state index < -0.39 is 0 Å². The van der Waals surface area contributed by atoms with Crippen LogP contribution in [-0.4, -0.2) is 54.3 Å². The zero-order chi connectivity index (χ0) is 14.8. The molecule has 1 saturated heterocycles. The molecule has 0 amide bonds. The Morgan fingerprint density at radius 3 is 2.29 bits per heavy atom. The van der Waals surface area contributed by atoms with E-state index in [9.17, 15) is 0 Å². The minimum Gasteiger partial charge on any atom is -0.377 e. The average Bonchev–Trinajstić information content (AvgIpc) is 3.10. The molecule has 2 atom stereocenters. The Labute approximate surface area is 130 Å². The van der Waals surface area contributed by atoms with Gasteiger partial charge < -0.3 is 14.4 Å². The summed E-state index contributed by atoms with van der Waals surface area (Å²) in [7, 11) is 3.47. The molecule has 2 fully saturated rings. The van der Waals surface area contributed by atoms with Crippen LogP contribution in [0.4, 0.5) is 5.95 Å². The van der Waals surface area contributed by atoms with Gasteiger partial charge in [-0.25, -0.2) is 5.10 Å². The van der Waals surface area contributed by atoms with Gasteiger partial charge in [0.05, 0.1) is 0 Å². The smallest absolute Gasteiger partial charge is 0.226 e. The van der Waals surface area contributed by atoms with Gasteiger partial charge in [-0.3, -0.25) is 4.57 Å². The Morgan fingerprint density at radius 2 is 1.71 bits per heavy atom. The van der Waals surface area contributed by atoms with Crippen LogP contribution in [0.1, 0.15) is 38.1 Å². The molecule has 1 aromatic heterocycles. The van der Waals surface area contributed by atoms with Crippen LogP contribution in [0.2, 0.25) is 0 Å². The van der Waals surface area contributed by atoms with Crippen LogP contribution < -0.4 is 4.90 Å². The summed E-state index contributed by atoms with van der Waals surface area (Å²) in [6.45, 7) is 1.59. The van der Waals surface area contributed by atoms with E-state index in [1.165, 1.54) is 32.1 Å². The molecule has 21 heavy (non-hydrogen) atoms. The van der Waals surface area contributed by atoms with E-state index >= 15 is 0 Å². The molecule has 0 spiro atoms. The fourth-order valence-corrected chi connectivity index (χ4v) is 3.82. The third-order valence-corrected chi connectivity index (χ3v) is 5.02. The number of rotatable bonds is 4. The SMILES string of the molecule is COC1CN(c2n[nH]c(=S)n2C2CCCCC2)CC1OC. The third kappa shape index (κ3) is 2.86. The second-order valence-corrected chi connectivity index (χ2v) is 6.33. The quantitative estimate of drug-likeness (QED) is 0.865. The first-order valence-electron chi connectivity index (χ1n) is 7.72. The van der Waals surface area contributed by atoms with Crippen molar-refractivity contribution >= 4 is 18.2 Å². The van der Waals surface area contributed by atoms with Crippen LogP contribution in [0.25, 0.3) is 0 Å². The van der Waals surface area contributed by atoms with Crippen molar-refractivity contribution in [1.82, 2.24) is 14.8 Å². The third-order valence-electron chi connectivity index (χ3n) is 4.73. The Morgan fingerprint density at radius 1 is 1.10 bits per heavy atom. The summed E-state index contributed by atoms with van der Waals surface area (Å²) in [5.41, 5.74) is 0. The zero-order valence-corrected chi connectivity index (χ0v) is 13.6. The minimum absolute atomic E-state index is 0.0834. The van der Waals surface area contributed by atoms with E-state index in [1.54, 1.807) is 14.2 Å². The van der Waals surface area contributed by atoms with Gasteiger partial charge in [-0.15, -0.1) is 5.10 Å². The van der Waals surface area contributed by atoms with Crippen LogP contribution in [0.5, 0.6) is 0 Å². The lowest BCUT2D eigenvalue weighted by atomic mass is 9.95. The number of aromatic nitrogens is 3. The fraction of sp³-hybridized carbons (Fsp3) is 0.857. The van der Waals surface area contributed by atoms with Crippen molar-refractivity contribution in [2.45, 2.75) is 50.4 Å². The molecule has 1 N–H and O–H groups in total. The highest BCUT2D eigenvalue weighted by atomic mass is 32.1. The van der Waals surface area contributed by atoms with E-state index in [2.05, 4.69) is 19.7 Å². The first-order chi connectivity index (χ1) is 10.2. The fourth-order valence-electron chi connectivity index (χ4n) is 3.55. The lowest BCUT2D eigenvalue weighted by Crippen LogP contribution is -2.27. The first-order valence-corrected chi connectivity index (χ1v) is 8.13. The molecule has 1 aromatic rings. The Hall–Kier alpha value is -0.920. The first kappa shape index (κ1) is 15.0. The van der Waals surface area contributed by atoms with Gasteiger partial charge in [-0.2, -0.15) is 0 Å². The van der Waals surface area contributed by atoms with Crippen LogP contribution in [0, 0.1) is 4.77 Å². The maximum absolute atomic E-state index is 5.52. The van der Waals surface area contributed by atoms with Crippen molar-refractivity contribution in [3.63, 3.8) is 0 Å². The summed E-state index contributed by atoms with van der Waals surface area (Å²) in [5.74, 6) is 0.938. The van der Waals surface area contributed by atoms with E-state index in [4.69, 9.17) is 21.7 Å². The topological polar surface area (TPSA) is 55.3 Å². The maximum atomic E-state index is 5.52. The molecule has 0 radical (unpaired) electrons. The Balaban J connectivity index is 1.84. The van der Waals surface area contributed by atoms with Gasteiger partial charge >= 0.3 is 0 Å². The normalized spacial score (nSPS) is 27.4. The van der Waals surface area contributed by atoms with Gasteiger partial charge in [-0.1, -0.05) is 19.3 Å². The van der Waals surface area contributed by atoms with Crippen molar-refractivity contribution in [3.05, 3.63) is 4.77 Å². The molecule has 3 rings (SSSR count). The number of methoxy groups -OCH3 is 2. The predicted molar refractivity (Wildman–Crippen MR) is 83.3 cm³/mol. The molecule has 0 aromatic carbocycles. The van der Waals surface area contributed by atoms with Crippen molar-refractivity contribution in [3.8, 4) is 0 Å². The van der Waals surface area contributed by atoms with E-state index in [1.807, 2.05) is 0 Å². The lowest BCUT2D eigenvalue weighted by Gasteiger charge is -2.26. The van der Waals surface area contributed by atoms with Crippen LogP contribution in [0.15, 0.2) is 0 Å². The number of nitrogens with zero attached hydrogens (tertiary/aromatic N) is 3. The number of hydrogen-bond donors (Lipinski definition) is 1. The number of hydrogen-bond acceptors (Lipinski definition) is 5. The molecule has 7 heteroatoms. The lowest BCUT2D eigenvalue weighted by molar-refractivity contribution is -0.00461. The van der Waals surface area contributed by atoms with Gasteiger partial charge in [0.15, 0.2) is 4.77 Å². The number of anilines is 1. The van der Waals surface area contributed by atoms with Gasteiger partial charge in [-0.05, 0) is 25.1 Å². The van der Waals surface area contributed by atoms with Crippen LogP contribution in [-0.2, 0) is 9.47 Å². The number of nitrogens with one attached hydrogen (secondary N) is 1. The monoisotopic (exact) mass is 312 g/mol. The molecule has 2 heterocycles. The number of ether oxygens (including phenoxy) is 2. The van der Waals surface area contributed by atoms with Crippen molar-refractivity contribution in [1.29, 1.82) is 0 Å². The summed E-state index contributed by atoms with van der Waals surface area (Å²) >= 11 is 5.46. The summed E-state index contributed by atoms with van der Waals surface area (Å²) in [6, 6.07) is 0.475. The van der Waals surface area contributed by atoms with Gasteiger partial charge in [0, 0.05) is 33.4 Å². The highest BCUT2D eigenvalue weighted by molar-refractivity contribution is 7.71. The zero-order valence-electron chi connectivity index (χ0n) is 12.7. The van der Waals surface area contributed by atoms with Gasteiger partial charge in [0.25, 0.3) is 0 Å². The highest BCUT2D eigenvalue weighted by Crippen LogP contribution is 2.32. The second kappa shape index (κ2) is 6.46. The Kier molecular flexibility index (Phi) is 4.61. The average molecular weight is 312 g/mol.